The molecule has 1 amide bonds. The number of carbonyl (C=O) groups is 1. The molecule has 2 N–H and O–H groups in total. The highest BCUT2D eigenvalue weighted by Gasteiger charge is 2.21. The molecular formula is C14H16ClNO2S. The molecule has 0 fully saturated rings. The van der Waals surface area contributed by atoms with Crippen LogP contribution in [-0.2, 0) is 0 Å². The number of rotatable bonds is 4. The van der Waals surface area contributed by atoms with Crippen molar-refractivity contribution >= 4 is 38.9 Å². The van der Waals surface area contributed by atoms with E-state index in [1.165, 1.54) is 11.3 Å². The van der Waals surface area contributed by atoms with Gasteiger partial charge in [0, 0.05) is 10.1 Å². The van der Waals surface area contributed by atoms with Crippen molar-refractivity contribution in [3.05, 3.63) is 34.2 Å². The number of halogens is 1. The number of thiophene rings is 1. The lowest BCUT2D eigenvalue weighted by Gasteiger charge is -2.19. The number of hydrogen-bond acceptors (Lipinski definition) is 3. The van der Waals surface area contributed by atoms with Gasteiger partial charge in [-0.25, -0.2) is 0 Å². The first kappa shape index (κ1) is 14.3. The Bertz CT molecular complexity index is 594. The second kappa shape index (κ2) is 5.90. The number of aliphatic hydroxyl groups excluding tert-OH is 1. The smallest absolute Gasteiger partial charge is 0.263 e. The summed E-state index contributed by atoms with van der Waals surface area (Å²) in [6.45, 7) is 3.83. The molecule has 0 spiro atoms. The highest BCUT2D eigenvalue weighted by Crippen LogP contribution is 2.35. The molecule has 0 radical (unpaired) electrons. The molecule has 0 aliphatic rings. The Labute approximate surface area is 121 Å². The molecule has 3 nitrogen and oxygen atoms in total. The van der Waals surface area contributed by atoms with E-state index in [0.29, 0.717) is 9.90 Å². The Hall–Kier alpha value is -1.10. The minimum atomic E-state index is -0.256. The minimum Gasteiger partial charge on any atom is -0.394 e. The van der Waals surface area contributed by atoms with E-state index >= 15 is 0 Å². The summed E-state index contributed by atoms with van der Waals surface area (Å²) in [4.78, 5) is 12.7. The van der Waals surface area contributed by atoms with Crippen LogP contribution in [-0.4, -0.2) is 23.7 Å². The van der Waals surface area contributed by atoms with E-state index in [1.54, 1.807) is 0 Å². The summed E-state index contributed by atoms with van der Waals surface area (Å²) in [5.41, 5.74) is 0. The highest BCUT2D eigenvalue weighted by molar-refractivity contribution is 7.21. The molecule has 102 valence electrons. The van der Waals surface area contributed by atoms with Gasteiger partial charge in [0.05, 0.1) is 17.7 Å². The van der Waals surface area contributed by atoms with Gasteiger partial charge in [0.1, 0.15) is 4.88 Å². The van der Waals surface area contributed by atoms with Crippen LogP contribution in [0.25, 0.3) is 10.1 Å². The first-order chi connectivity index (χ1) is 9.04. The van der Waals surface area contributed by atoms with Crippen molar-refractivity contribution in [2.75, 3.05) is 6.61 Å². The first-order valence-electron chi connectivity index (χ1n) is 6.13. The number of aliphatic hydroxyl groups is 1. The monoisotopic (exact) mass is 297 g/mol. The fourth-order valence-electron chi connectivity index (χ4n) is 1.82. The lowest BCUT2D eigenvalue weighted by atomic mass is 10.1. The Kier molecular flexibility index (Phi) is 4.45. The van der Waals surface area contributed by atoms with Crippen molar-refractivity contribution < 1.29 is 9.90 Å². The number of amides is 1. The van der Waals surface area contributed by atoms with Gasteiger partial charge < -0.3 is 10.4 Å². The van der Waals surface area contributed by atoms with Crippen LogP contribution in [0.15, 0.2) is 24.3 Å². The van der Waals surface area contributed by atoms with Crippen molar-refractivity contribution in [3.8, 4) is 0 Å². The molecule has 0 aliphatic carbocycles. The summed E-state index contributed by atoms with van der Waals surface area (Å²) in [6, 6.07) is 7.40. The Morgan fingerprint density at radius 1 is 1.42 bits per heavy atom. The summed E-state index contributed by atoms with van der Waals surface area (Å²) in [5, 5.41) is 13.5. The number of hydrogen-bond donors (Lipinski definition) is 2. The molecule has 1 unspecified atom stereocenters. The van der Waals surface area contributed by atoms with E-state index in [4.69, 9.17) is 11.6 Å². The molecule has 0 bridgehead atoms. The fourth-order valence-corrected chi connectivity index (χ4v) is 3.24. The van der Waals surface area contributed by atoms with Crippen LogP contribution < -0.4 is 5.32 Å². The molecule has 1 atom stereocenters. The second-order valence-corrected chi connectivity index (χ2v) is 6.18. The SMILES string of the molecule is CC(C)C(CO)NC(=O)c1sc2ccccc2c1Cl. The maximum Gasteiger partial charge on any atom is 0.263 e. The maximum atomic E-state index is 12.2. The second-order valence-electron chi connectivity index (χ2n) is 4.75. The summed E-state index contributed by atoms with van der Waals surface area (Å²) in [5.74, 6) is -0.0546. The standard InChI is InChI=1S/C14H16ClNO2S/c1-8(2)10(7-17)16-14(18)13-12(15)9-5-3-4-6-11(9)19-13/h3-6,8,10,17H,7H2,1-2H3,(H,16,18). The third-order valence-electron chi connectivity index (χ3n) is 3.06. The largest absolute Gasteiger partial charge is 0.394 e. The zero-order valence-electron chi connectivity index (χ0n) is 10.8. The fraction of sp³-hybridized carbons (Fsp3) is 0.357. The van der Waals surface area contributed by atoms with Gasteiger partial charge in [-0.1, -0.05) is 43.6 Å². The van der Waals surface area contributed by atoms with Crippen LogP contribution in [0.4, 0.5) is 0 Å². The normalized spacial score (nSPS) is 12.9. The van der Waals surface area contributed by atoms with Gasteiger partial charge in [-0.2, -0.15) is 0 Å². The molecule has 19 heavy (non-hydrogen) atoms. The lowest BCUT2D eigenvalue weighted by Crippen LogP contribution is -2.40. The molecule has 5 heteroatoms. The average molecular weight is 298 g/mol. The number of fused-ring (bicyclic) bond motifs is 1. The van der Waals surface area contributed by atoms with Crippen LogP contribution in [0.3, 0.4) is 0 Å². The van der Waals surface area contributed by atoms with Crippen molar-refractivity contribution in [2.24, 2.45) is 5.92 Å². The Balaban J connectivity index is 2.29. The van der Waals surface area contributed by atoms with Crippen LogP contribution in [0.1, 0.15) is 23.5 Å². The van der Waals surface area contributed by atoms with Crippen molar-refractivity contribution in [1.82, 2.24) is 5.32 Å². The number of carbonyl (C=O) groups excluding carboxylic acids is 1. The lowest BCUT2D eigenvalue weighted by molar-refractivity contribution is 0.0901. The molecule has 0 saturated carbocycles. The van der Waals surface area contributed by atoms with E-state index in [-0.39, 0.29) is 24.5 Å². The average Bonchev–Trinajstić information content (AvgIpc) is 2.73. The van der Waals surface area contributed by atoms with Crippen LogP contribution in [0, 0.1) is 5.92 Å². The van der Waals surface area contributed by atoms with Gasteiger partial charge in [0.15, 0.2) is 0 Å². The van der Waals surface area contributed by atoms with Crippen LogP contribution in [0.2, 0.25) is 5.02 Å². The molecule has 0 aliphatic heterocycles. The van der Waals surface area contributed by atoms with Gasteiger partial charge >= 0.3 is 0 Å². The molecule has 2 rings (SSSR count). The highest BCUT2D eigenvalue weighted by atomic mass is 35.5. The summed E-state index contributed by atoms with van der Waals surface area (Å²) >= 11 is 7.62. The van der Waals surface area contributed by atoms with Crippen LogP contribution in [0.5, 0.6) is 0 Å². The molecule has 0 saturated heterocycles. The third-order valence-corrected chi connectivity index (χ3v) is 4.73. The summed E-state index contributed by atoms with van der Waals surface area (Å²) < 4.78 is 0.989. The molecular weight excluding hydrogens is 282 g/mol. The van der Waals surface area contributed by atoms with E-state index in [9.17, 15) is 9.90 Å². The van der Waals surface area contributed by atoms with Gasteiger partial charge in [0.25, 0.3) is 5.91 Å². The quantitative estimate of drug-likeness (QED) is 0.909. The van der Waals surface area contributed by atoms with Gasteiger partial charge in [0.2, 0.25) is 0 Å². The van der Waals surface area contributed by atoms with Gasteiger partial charge in [-0.05, 0) is 12.0 Å². The number of benzene rings is 1. The molecule has 1 aromatic carbocycles. The van der Waals surface area contributed by atoms with Gasteiger partial charge in [-0.15, -0.1) is 11.3 Å². The topological polar surface area (TPSA) is 49.3 Å². The number of nitrogens with one attached hydrogen (secondary N) is 1. The van der Waals surface area contributed by atoms with E-state index in [2.05, 4.69) is 5.32 Å². The van der Waals surface area contributed by atoms with Crippen LogP contribution >= 0.6 is 22.9 Å². The summed E-state index contributed by atoms with van der Waals surface area (Å²) in [6.07, 6.45) is 0. The predicted molar refractivity (Wildman–Crippen MR) is 80.0 cm³/mol. The predicted octanol–water partition coefficient (Wildman–Crippen LogP) is 3.30. The third kappa shape index (κ3) is 2.91. The minimum absolute atomic E-state index is 0.0775. The first-order valence-corrected chi connectivity index (χ1v) is 7.32. The molecule has 1 aromatic heterocycles. The van der Waals surface area contributed by atoms with Gasteiger partial charge in [-0.3, -0.25) is 4.79 Å². The van der Waals surface area contributed by atoms with Crippen molar-refractivity contribution in [3.63, 3.8) is 0 Å². The van der Waals surface area contributed by atoms with Crippen molar-refractivity contribution in [1.29, 1.82) is 0 Å². The maximum absolute atomic E-state index is 12.2. The van der Waals surface area contributed by atoms with E-state index < -0.39 is 0 Å². The molecule has 2 aromatic rings. The van der Waals surface area contributed by atoms with Crippen molar-refractivity contribution in [2.45, 2.75) is 19.9 Å². The summed E-state index contributed by atoms with van der Waals surface area (Å²) in [7, 11) is 0. The Morgan fingerprint density at radius 2 is 2.11 bits per heavy atom. The Morgan fingerprint density at radius 3 is 2.68 bits per heavy atom. The van der Waals surface area contributed by atoms with E-state index in [1.807, 2.05) is 38.1 Å². The molecule has 1 heterocycles. The zero-order chi connectivity index (χ0) is 14.0. The van der Waals surface area contributed by atoms with E-state index in [0.717, 1.165) is 10.1 Å². The zero-order valence-corrected chi connectivity index (χ0v) is 12.4.